The fourth-order valence-corrected chi connectivity index (χ4v) is 1.65. The van der Waals surface area contributed by atoms with Crippen LogP contribution in [0.5, 0.6) is 0 Å². The minimum Gasteiger partial charge on any atom is -0.466 e. The molecule has 0 aromatic heterocycles. The molecule has 0 N–H and O–H groups in total. The Balaban J connectivity index is 5.12. The summed E-state index contributed by atoms with van der Waals surface area (Å²) in [7, 11) is 1.13. The Bertz CT molecular complexity index is 340. The van der Waals surface area contributed by atoms with Crippen molar-refractivity contribution in [2.24, 2.45) is 0 Å². The molecule has 0 spiro atoms. The molecule has 0 aromatic carbocycles. The van der Waals surface area contributed by atoms with E-state index in [0.29, 0.717) is 12.2 Å². The van der Waals surface area contributed by atoms with Crippen molar-refractivity contribution >= 4 is 35.1 Å². The Kier molecular flexibility index (Phi) is 7.33. The van der Waals surface area contributed by atoms with Gasteiger partial charge < -0.3 is 9.64 Å². The minimum atomic E-state index is -2.20. The van der Waals surface area contributed by atoms with Crippen LogP contribution in [0, 0.1) is 0 Å². The first-order valence-electron chi connectivity index (χ1n) is 5.74. The summed E-state index contributed by atoms with van der Waals surface area (Å²) in [5, 5.41) is 0. The molecule has 18 heavy (non-hydrogen) atoms. The van der Waals surface area contributed by atoms with Crippen molar-refractivity contribution in [2.45, 2.75) is 37.9 Å². The normalized spacial score (nSPS) is 12.2. The summed E-state index contributed by atoms with van der Waals surface area (Å²) in [5.74, 6) is -1.65. The Morgan fingerprint density at radius 3 is 2.33 bits per heavy atom. The number of alkyl halides is 2. The number of nitrogens with zero attached hydrogens (tertiary/aromatic N) is 1. The smallest absolute Gasteiger partial charge is 0.352 e. The van der Waals surface area contributed by atoms with Crippen LogP contribution in [-0.2, 0) is 14.3 Å². The van der Waals surface area contributed by atoms with Crippen molar-refractivity contribution in [1.82, 2.24) is 4.90 Å². The van der Waals surface area contributed by atoms with Gasteiger partial charge in [-0.1, -0.05) is 42.6 Å². The highest BCUT2D eigenvalue weighted by Gasteiger charge is 2.46. The lowest BCUT2D eigenvalue weighted by molar-refractivity contribution is -0.147. The van der Waals surface area contributed by atoms with Gasteiger partial charge in [0, 0.05) is 12.2 Å². The van der Waals surface area contributed by atoms with Gasteiger partial charge in [0.1, 0.15) is 0 Å². The van der Waals surface area contributed by atoms with Crippen LogP contribution in [0.25, 0.3) is 0 Å². The van der Waals surface area contributed by atoms with Gasteiger partial charge >= 0.3 is 5.97 Å². The lowest BCUT2D eigenvalue weighted by atomic mass is 10.2. The molecule has 0 aliphatic carbocycles. The summed E-state index contributed by atoms with van der Waals surface area (Å²) in [5.41, 5.74) is 0.697. The molecule has 0 heterocycles. The maximum atomic E-state index is 12.2. The zero-order valence-corrected chi connectivity index (χ0v) is 12.6. The van der Waals surface area contributed by atoms with E-state index in [1.165, 1.54) is 4.90 Å². The van der Waals surface area contributed by atoms with Crippen molar-refractivity contribution in [3.8, 4) is 0 Å². The number of carbonyl (C=O) groups is 2. The molecule has 0 saturated heterocycles. The zero-order chi connectivity index (χ0) is 14.3. The summed E-state index contributed by atoms with van der Waals surface area (Å²) in [6.45, 7) is 6.02. The third-order valence-electron chi connectivity index (χ3n) is 2.53. The number of hydrogen-bond donors (Lipinski definition) is 0. The standard InChI is InChI=1S/C12H19Cl2NO3/c1-5-7-8-15(9(3)6-2)10(16)12(13,14)11(17)18-4/h6H,5,7-8H2,1-4H3/b9-6+. The first kappa shape index (κ1) is 17.3. The van der Waals surface area contributed by atoms with Crippen LogP contribution in [0.3, 0.4) is 0 Å². The Morgan fingerprint density at radius 2 is 1.94 bits per heavy atom. The number of amides is 1. The summed E-state index contributed by atoms with van der Waals surface area (Å²) in [6, 6.07) is 0. The second-order valence-electron chi connectivity index (χ2n) is 3.81. The lowest BCUT2D eigenvalue weighted by Crippen LogP contribution is -2.47. The predicted molar refractivity (Wildman–Crippen MR) is 72.5 cm³/mol. The number of rotatable bonds is 6. The molecule has 0 aromatic rings. The van der Waals surface area contributed by atoms with Gasteiger partial charge in [-0.05, 0) is 20.3 Å². The van der Waals surface area contributed by atoms with E-state index in [-0.39, 0.29) is 0 Å². The van der Waals surface area contributed by atoms with Gasteiger partial charge in [-0.2, -0.15) is 0 Å². The molecule has 1 amide bonds. The van der Waals surface area contributed by atoms with Gasteiger partial charge in [-0.3, -0.25) is 4.79 Å². The fourth-order valence-electron chi connectivity index (χ4n) is 1.30. The molecule has 0 saturated carbocycles. The van der Waals surface area contributed by atoms with E-state index in [1.807, 2.05) is 6.92 Å². The van der Waals surface area contributed by atoms with Crippen molar-refractivity contribution in [3.05, 3.63) is 11.8 Å². The van der Waals surface area contributed by atoms with Gasteiger partial charge in [-0.25, -0.2) is 4.79 Å². The Hall–Kier alpha value is -0.740. The van der Waals surface area contributed by atoms with Gasteiger partial charge in [0.05, 0.1) is 7.11 Å². The second kappa shape index (κ2) is 7.64. The lowest BCUT2D eigenvalue weighted by Gasteiger charge is -2.28. The largest absolute Gasteiger partial charge is 0.466 e. The van der Waals surface area contributed by atoms with E-state index in [0.717, 1.165) is 20.0 Å². The van der Waals surface area contributed by atoms with Crippen molar-refractivity contribution in [2.75, 3.05) is 13.7 Å². The van der Waals surface area contributed by atoms with Crippen molar-refractivity contribution in [3.63, 3.8) is 0 Å². The molecule has 0 radical (unpaired) electrons. The van der Waals surface area contributed by atoms with Gasteiger partial charge in [0.25, 0.3) is 10.2 Å². The molecule has 6 heteroatoms. The molecule has 0 atom stereocenters. The van der Waals surface area contributed by atoms with Crippen LogP contribution in [0.2, 0.25) is 0 Å². The number of unbranched alkanes of at least 4 members (excludes halogenated alkanes) is 1. The number of esters is 1. The quantitative estimate of drug-likeness (QED) is 0.430. The van der Waals surface area contributed by atoms with Gasteiger partial charge in [0.2, 0.25) is 0 Å². The average molecular weight is 296 g/mol. The fraction of sp³-hybridized carbons (Fsp3) is 0.667. The second-order valence-corrected chi connectivity index (χ2v) is 5.13. The molecule has 0 bridgehead atoms. The highest BCUT2D eigenvalue weighted by atomic mass is 35.5. The first-order valence-corrected chi connectivity index (χ1v) is 6.49. The number of carbonyl (C=O) groups excluding carboxylic acids is 2. The zero-order valence-electron chi connectivity index (χ0n) is 11.1. The Labute approximate surface area is 118 Å². The maximum absolute atomic E-state index is 12.2. The van der Waals surface area contributed by atoms with Crippen molar-refractivity contribution < 1.29 is 14.3 Å². The number of hydrogen-bond acceptors (Lipinski definition) is 3. The first-order chi connectivity index (χ1) is 8.32. The number of allylic oxidation sites excluding steroid dienone is 2. The van der Waals surface area contributed by atoms with E-state index in [2.05, 4.69) is 4.74 Å². The molecule has 104 valence electrons. The monoisotopic (exact) mass is 295 g/mol. The summed E-state index contributed by atoms with van der Waals surface area (Å²) in [6.07, 6.45) is 3.47. The van der Waals surface area contributed by atoms with Gasteiger partial charge in [-0.15, -0.1) is 0 Å². The topological polar surface area (TPSA) is 46.6 Å². The van der Waals surface area contributed by atoms with E-state index in [4.69, 9.17) is 23.2 Å². The molecule has 0 fully saturated rings. The molecule has 0 aliphatic heterocycles. The van der Waals surface area contributed by atoms with Crippen LogP contribution in [0.4, 0.5) is 0 Å². The molecule has 0 unspecified atom stereocenters. The Morgan fingerprint density at radius 1 is 1.39 bits per heavy atom. The van der Waals surface area contributed by atoms with E-state index in [9.17, 15) is 9.59 Å². The van der Waals surface area contributed by atoms with E-state index >= 15 is 0 Å². The highest BCUT2D eigenvalue weighted by molar-refractivity contribution is 6.67. The van der Waals surface area contributed by atoms with Crippen LogP contribution in [0.15, 0.2) is 11.8 Å². The van der Waals surface area contributed by atoms with Crippen LogP contribution in [0.1, 0.15) is 33.6 Å². The predicted octanol–water partition coefficient (Wildman–Crippen LogP) is 2.89. The molecular formula is C12H19Cl2NO3. The van der Waals surface area contributed by atoms with Crippen LogP contribution in [-0.4, -0.2) is 34.8 Å². The summed E-state index contributed by atoms with van der Waals surface area (Å²) < 4.78 is 2.23. The van der Waals surface area contributed by atoms with Crippen LogP contribution >= 0.6 is 23.2 Å². The van der Waals surface area contributed by atoms with Crippen molar-refractivity contribution in [1.29, 1.82) is 0 Å². The molecule has 0 rings (SSSR count). The molecular weight excluding hydrogens is 277 g/mol. The number of halogens is 2. The minimum absolute atomic E-state index is 0.462. The SMILES string of the molecule is C/C=C(\C)N(CCCC)C(=O)C(Cl)(Cl)C(=O)OC. The van der Waals surface area contributed by atoms with E-state index < -0.39 is 16.2 Å². The van der Waals surface area contributed by atoms with Gasteiger partial charge in [0.15, 0.2) is 0 Å². The van der Waals surface area contributed by atoms with Crippen LogP contribution < -0.4 is 0 Å². The molecule has 0 aliphatic rings. The number of methoxy groups -OCH3 is 1. The highest BCUT2D eigenvalue weighted by Crippen LogP contribution is 2.27. The summed E-state index contributed by atoms with van der Waals surface area (Å²) in [4.78, 5) is 25.0. The maximum Gasteiger partial charge on any atom is 0.352 e. The number of ether oxygens (including phenoxy) is 1. The summed E-state index contributed by atoms with van der Waals surface area (Å²) >= 11 is 11.6. The third kappa shape index (κ3) is 4.18. The van der Waals surface area contributed by atoms with E-state index in [1.54, 1.807) is 19.9 Å². The molecule has 4 nitrogen and oxygen atoms in total. The average Bonchev–Trinajstić information content (AvgIpc) is 2.37. The third-order valence-corrected chi connectivity index (χ3v) is 3.17.